The molecule has 0 aliphatic rings. The Kier molecular flexibility index (Phi) is 2.86. The Labute approximate surface area is 117 Å². The minimum Gasteiger partial charge on any atom is -0.423 e. The first kappa shape index (κ1) is 12.5. The number of nitrogen functional groups attached to an aromatic ring is 1. The van der Waals surface area contributed by atoms with Crippen molar-refractivity contribution >= 4 is 28.5 Å². The number of nitrogens with two attached hydrogens (primary N) is 1. The lowest BCUT2D eigenvalue weighted by molar-refractivity contribution is 0.603. The summed E-state index contributed by atoms with van der Waals surface area (Å²) in [5, 5.41) is 0. The lowest BCUT2D eigenvalue weighted by Crippen LogP contribution is -2.10. The highest BCUT2D eigenvalue weighted by molar-refractivity contribution is 5.86. The minimum absolute atomic E-state index is 0.544. The summed E-state index contributed by atoms with van der Waals surface area (Å²) in [7, 11) is 1.94. The van der Waals surface area contributed by atoms with Gasteiger partial charge in [-0.2, -0.15) is 4.98 Å². The molecule has 0 spiro atoms. The molecule has 1 aromatic heterocycles. The van der Waals surface area contributed by atoms with Crippen molar-refractivity contribution in [2.45, 2.75) is 13.8 Å². The number of fused-ring (bicyclic) bond motifs is 1. The number of para-hydroxylation sites is 1. The number of hydrogen-bond donors (Lipinski definition) is 1. The van der Waals surface area contributed by atoms with Crippen molar-refractivity contribution in [3.05, 3.63) is 47.5 Å². The van der Waals surface area contributed by atoms with Crippen molar-refractivity contribution in [2.75, 3.05) is 17.7 Å². The summed E-state index contributed by atoms with van der Waals surface area (Å²) in [4.78, 5) is 6.41. The number of rotatable bonds is 2. The molecule has 102 valence electrons. The molecule has 20 heavy (non-hydrogen) atoms. The first-order valence-electron chi connectivity index (χ1n) is 6.51. The van der Waals surface area contributed by atoms with Crippen molar-refractivity contribution < 1.29 is 4.42 Å². The molecule has 2 aromatic carbocycles. The van der Waals surface area contributed by atoms with E-state index in [0.29, 0.717) is 22.8 Å². The maximum atomic E-state index is 5.92. The Morgan fingerprint density at radius 3 is 2.45 bits per heavy atom. The molecule has 4 heteroatoms. The van der Waals surface area contributed by atoms with Gasteiger partial charge in [0.05, 0.1) is 5.69 Å². The van der Waals surface area contributed by atoms with E-state index in [9.17, 15) is 0 Å². The second-order valence-electron chi connectivity index (χ2n) is 5.10. The maximum absolute atomic E-state index is 5.92. The van der Waals surface area contributed by atoms with Crippen LogP contribution in [0.1, 0.15) is 11.1 Å². The van der Waals surface area contributed by atoms with E-state index in [1.807, 2.05) is 30.1 Å². The fourth-order valence-corrected chi connectivity index (χ4v) is 2.36. The molecule has 0 atom stereocenters. The molecule has 0 aliphatic carbocycles. The third-order valence-corrected chi connectivity index (χ3v) is 3.32. The third kappa shape index (κ3) is 2.09. The number of aromatic nitrogens is 1. The standard InChI is InChI=1S/C16H17N3O/c1-10-7-11(2)9-12(8-10)19(3)16-18-15-13(17)5-4-6-14(15)20-16/h4-9H,17H2,1-3H3. The zero-order valence-corrected chi connectivity index (χ0v) is 11.8. The molecule has 0 saturated heterocycles. The number of aryl methyl sites for hydroxylation is 2. The van der Waals surface area contributed by atoms with Gasteiger partial charge in [-0.1, -0.05) is 12.1 Å². The lowest BCUT2D eigenvalue weighted by Gasteiger charge is -2.15. The highest BCUT2D eigenvalue weighted by Gasteiger charge is 2.13. The van der Waals surface area contributed by atoms with Gasteiger partial charge in [0.1, 0.15) is 5.52 Å². The van der Waals surface area contributed by atoms with Gasteiger partial charge in [0.25, 0.3) is 0 Å². The van der Waals surface area contributed by atoms with Crippen LogP contribution in [0.15, 0.2) is 40.8 Å². The molecule has 0 unspecified atom stereocenters. The summed E-state index contributed by atoms with van der Waals surface area (Å²) in [6.07, 6.45) is 0. The highest BCUT2D eigenvalue weighted by atomic mass is 16.4. The quantitative estimate of drug-likeness (QED) is 0.718. The molecular weight excluding hydrogens is 250 g/mol. The maximum Gasteiger partial charge on any atom is 0.302 e. The van der Waals surface area contributed by atoms with Gasteiger partial charge in [0.15, 0.2) is 5.58 Å². The smallest absolute Gasteiger partial charge is 0.302 e. The van der Waals surface area contributed by atoms with Gasteiger partial charge >= 0.3 is 6.01 Å². The predicted molar refractivity (Wildman–Crippen MR) is 82.4 cm³/mol. The Morgan fingerprint density at radius 1 is 1.10 bits per heavy atom. The largest absolute Gasteiger partial charge is 0.423 e. The van der Waals surface area contributed by atoms with E-state index in [1.165, 1.54) is 11.1 Å². The van der Waals surface area contributed by atoms with Crippen LogP contribution in [0.5, 0.6) is 0 Å². The van der Waals surface area contributed by atoms with Crippen LogP contribution in [-0.4, -0.2) is 12.0 Å². The molecule has 3 rings (SSSR count). The van der Waals surface area contributed by atoms with Crippen LogP contribution in [0, 0.1) is 13.8 Å². The van der Waals surface area contributed by atoms with Gasteiger partial charge < -0.3 is 10.2 Å². The first-order valence-corrected chi connectivity index (χ1v) is 6.51. The molecular formula is C16H17N3O. The molecule has 2 N–H and O–H groups in total. The number of hydrogen-bond acceptors (Lipinski definition) is 4. The van der Waals surface area contributed by atoms with E-state index in [2.05, 4.69) is 37.0 Å². The SMILES string of the molecule is Cc1cc(C)cc(N(C)c2nc3c(N)cccc3o2)c1. The molecule has 1 heterocycles. The average Bonchev–Trinajstić information content (AvgIpc) is 2.82. The van der Waals surface area contributed by atoms with Crippen LogP contribution >= 0.6 is 0 Å². The van der Waals surface area contributed by atoms with E-state index in [4.69, 9.17) is 10.2 Å². The van der Waals surface area contributed by atoms with Gasteiger partial charge in [-0.3, -0.25) is 4.90 Å². The lowest BCUT2D eigenvalue weighted by atomic mass is 10.1. The summed E-state index contributed by atoms with van der Waals surface area (Å²) >= 11 is 0. The molecule has 0 saturated carbocycles. The van der Waals surface area contributed by atoms with Crippen molar-refractivity contribution in [3.63, 3.8) is 0 Å². The van der Waals surface area contributed by atoms with Gasteiger partial charge in [-0.15, -0.1) is 0 Å². The van der Waals surface area contributed by atoms with Gasteiger partial charge in [-0.05, 0) is 49.2 Å². The van der Waals surface area contributed by atoms with E-state index < -0.39 is 0 Å². The number of oxazole rings is 1. The van der Waals surface area contributed by atoms with Crippen molar-refractivity contribution in [2.24, 2.45) is 0 Å². The summed E-state index contributed by atoms with van der Waals surface area (Å²) in [6, 6.07) is 12.5. The van der Waals surface area contributed by atoms with Crippen LogP contribution in [-0.2, 0) is 0 Å². The Balaban J connectivity index is 2.07. The van der Waals surface area contributed by atoms with Crippen LogP contribution in [0.4, 0.5) is 17.4 Å². The molecule has 0 radical (unpaired) electrons. The molecule has 3 aromatic rings. The molecule has 0 aliphatic heterocycles. The summed E-state index contributed by atoms with van der Waals surface area (Å²) in [5.41, 5.74) is 11.4. The number of benzene rings is 2. The van der Waals surface area contributed by atoms with Crippen molar-refractivity contribution in [1.82, 2.24) is 4.98 Å². The fourth-order valence-electron chi connectivity index (χ4n) is 2.36. The Bertz CT molecular complexity index is 756. The minimum atomic E-state index is 0.544. The van der Waals surface area contributed by atoms with Gasteiger partial charge in [0.2, 0.25) is 0 Å². The van der Waals surface area contributed by atoms with Crippen molar-refractivity contribution in [1.29, 1.82) is 0 Å². The molecule has 0 bridgehead atoms. The zero-order chi connectivity index (χ0) is 14.3. The molecule has 4 nitrogen and oxygen atoms in total. The second kappa shape index (κ2) is 4.56. The Morgan fingerprint density at radius 2 is 1.80 bits per heavy atom. The number of anilines is 3. The zero-order valence-electron chi connectivity index (χ0n) is 11.8. The van der Waals surface area contributed by atoms with E-state index in [-0.39, 0.29) is 0 Å². The fraction of sp³-hybridized carbons (Fsp3) is 0.188. The van der Waals surface area contributed by atoms with Gasteiger partial charge in [-0.25, -0.2) is 0 Å². The summed E-state index contributed by atoms with van der Waals surface area (Å²) in [6.45, 7) is 4.16. The van der Waals surface area contributed by atoms with E-state index >= 15 is 0 Å². The second-order valence-corrected chi connectivity index (χ2v) is 5.10. The Hall–Kier alpha value is -2.49. The average molecular weight is 267 g/mol. The van der Waals surface area contributed by atoms with Crippen LogP contribution < -0.4 is 10.6 Å². The first-order chi connectivity index (χ1) is 9.54. The van der Waals surface area contributed by atoms with E-state index in [1.54, 1.807) is 0 Å². The van der Waals surface area contributed by atoms with Crippen LogP contribution in [0.2, 0.25) is 0 Å². The molecule has 0 amide bonds. The molecule has 0 fully saturated rings. The van der Waals surface area contributed by atoms with Crippen LogP contribution in [0.3, 0.4) is 0 Å². The third-order valence-electron chi connectivity index (χ3n) is 3.32. The topological polar surface area (TPSA) is 55.3 Å². The van der Waals surface area contributed by atoms with Crippen LogP contribution in [0.25, 0.3) is 11.1 Å². The predicted octanol–water partition coefficient (Wildman–Crippen LogP) is 3.79. The van der Waals surface area contributed by atoms with Gasteiger partial charge in [0, 0.05) is 12.7 Å². The highest BCUT2D eigenvalue weighted by Crippen LogP contribution is 2.30. The normalized spacial score (nSPS) is 10.9. The summed E-state index contributed by atoms with van der Waals surface area (Å²) in [5.74, 6) is 0. The van der Waals surface area contributed by atoms with Crippen molar-refractivity contribution in [3.8, 4) is 0 Å². The monoisotopic (exact) mass is 267 g/mol. The van der Waals surface area contributed by atoms with E-state index in [0.717, 1.165) is 5.69 Å². The summed E-state index contributed by atoms with van der Waals surface area (Å²) < 4.78 is 5.78. The number of nitrogens with zero attached hydrogens (tertiary/aromatic N) is 2.